The molecule has 3 heterocycles. The number of aromatic nitrogens is 4. The molecule has 2 aromatic carbocycles. The second-order valence-corrected chi connectivity index (χ2v) is 13.9. The number of benzene rings is 2. The minimum absolute atomic E-state index is 0.203. The summed E-state index contributed by atoms with van der Waals surface area (Å²) in [7, 11) is 1.50. The largest absolute Gasteiger partial charge is 0.497 e. The number of nitrogens with one attached hydrogen (secondary N) is 3. The van der Waals surface area contributed by atoms with Crippen molar-refractivity contribution >= 4 is 22.5 Å². The van der Waals surface area contributed by atoms with E-state index in [9.17, 15) is 13.6 Å². The summed E-state index contributed by atoms with van der Waals surface area (Å²) in [5.74, 6) is 3.80. The van der Waals surface area contributed by atoms with Gasteiger partial charge in [0.25, 0.3) is 5.56 Å². The SMILES string of the molecule is CCF.COc1ccc(CCn2c(-c3ncc[nH]3)nc3cc(NC(=N[C@H]4C[C@H]5C[C@@H]([C@@H]4C)C5(C)C)N4CCNCC4)ccc3c2=O)c(F)c1. The average Bonchev–Trinajstić information content (AvgIpc) is 3.64. The molecule has 8 rings (SSSR count). The first kappa shape index (κ1) is 34.5. The Balaban J connectivity index is 0.00000134. The van der Waals surface area contributed by atoms with Crippen LogP contribution in [0.15, 0.2) is 58.6 Å². The highest BCUT2D eigenvalue weighted by Crippen LogP contribution is 2.61. The smallest absolute Gasteiger partial charge is 0.261 e. The molecule has 4 atom stereocenters. The molecule has 2 bridgehead atoms. The van der Waals surface area contributed by atoms with Crippen LogP contribution in [-0.4, -0.2) is 76.4 Å². The number of piperazine rings is 1. The molecule has 1 saturated heterocycles. The summed E-state index contributed by atoms with van der Waals surface area (Å²) in [5.41, 5.74) is 2.08. The molecule has 12 heteroatoms. The normalized spacial score (nSPS) is 23.0. The lowest BCUT2D eigenvalue weighted by atomic mass is 9.45. The van der Waals surface area contributed by atoms with Gasteiger partial charge >= 0.3 is 0 Å². The number of aromatic amines is 1. The minimum atomic E-state index is -0.373. The van der Waals surface area contributed by atoms with E-state index >= 15 is 0 Å². The van der Waals surface area contributed by atoms with E-state index in [1.165, 1.54) is 26.5 Å². The Morgan fingerprint density at radius 2 is 1.94 bits per heavy atom. The van der Waals surface area contributed by atoms with Gasteiger partial charge in [-0.3, -0.25) is 13.8 Å². The molecular weight excluding hydrogens is 626 g/mol. The summed E-state index contributed by atoms with van der Waals surface area (Å²) in [6.45, 7) is 12.2. The first-order valence-electron chi connectivity index (χ1n) is 17.4. The molecule has 49 heavy (non-hydrogen) atoms. The monoisotopic (exact) mass is 674 g/mol. The van der Waals surface area contributed by atoms with Crippen LogP contribution in [0.3, 0.4) is 0 Å². The van der Waals surface area contributed by atoms with Crippen molar-refractivity contribution in [3.05, 3.63) is 70.5 Å². The molecule has 262 valence electrons. The van der Waals surface area contributed by atoms with Gasteiger partial charge in [-0.2, -0.15) is 0 Å². The molecule has 4 aliphatic rings. The maximum Gasteiger partial charge on any atom is 0.261 e. The number of ether oxygens (including phenoxy) is 1. The van der Waals surface area contributed by atoms with E-state index in [2.05, 4.69) is 46.3 Å². The number of anilines is 1. The van der Waals surface area contributed by atoms with Crippen LogP contribution in [0.4, 0.5) is 14.5 Å². The Morgan fingerprint density at radius 1 is 1.16 bits per heavy atom. The molecule has 3 aliphatic carbocycles. The number of fused-ring (bicyclic) bond motifs is 3. The first-order valence-corrected chi connectivity index (χ1v) is 17.4. The van der Waals surface area contributed by atoms with Crippen molar-refractivity contribution in [2.24, 2.45) is 28.2 Å². The molecule has 1 aliphatic heterocycles. The van der Waals surface area contributed by atoms with Gasteiger partial charge in [0, 0.05) is 56.9 Å². The maximum atomic E-state index is 14.8. The van der Waals surface area contributed by atoms with E-state index in [0.717, 1.165) is 50.2 Å². The molecule has 3 N–H and O–H groups in total. The molecule has 0 spiro atoms. The van der Waals surface area contributed by atoms with Crippen LogP contribution in [-0.2, 0) is 13.0 Å². The number of nitrogens with zero attached hydrogens (tertiary/aromatic N) is 5. The molecule has 2 aromatic heterocycles. The van der Waals surface area contributed by atoms with Crippen molar-refractivity contribution in [1.82, 2.24) is 29.7 Å². The number of guanidine groups is 1. The van der Waals surface area contributed by atoms with E-state index in [1.54, 1.807) is 29.1 Å². The van der Waals surface area contributed by atoms with Gasteiger partial charge in [0.1, 0.15) is 11.6 Å². The van der Waals surface area contributed by atoms with Crippen LogP contribution in [0.5, 0.6) is 5.75 Å². The van der Waals surface area contributed by atoms with Gasteiger partial charge in [-0.1, -0.05) is 26.8 Å². The number of aryl methyl sites for hydroxylation is 1. The Bertz CT molecular complexity index is 1830. The fourth-order valence-corrected chi connectivity index (χ4v) is 7.81. The van der Waals surface area contributed by atoms with Gasteiger partial charge < -0.3 is 25.3 Å². The second kappa shape index (κ2) is 14.7. The molecule has 4 aromatic rings. The zero-order valence-electron chi connectivity index (χ0n) is 29.1. The summed E-state index contributed by atoms with van der Waals surface area (Å²) in [5, 5.41) is 7.57. The van der Waals surface area contributed by atoms with E-state index in [4.69, 9.17) is 14.7 Å². The summed E-state index contributed by atoms with van der Waals surface area (Å²) in [6.07, 6.45) is 6.07. The third-order valence-corrected chi connectivity index (χ3v) is 10.8. The molecule has 10 nitrogen and oxygen atoms in total. The van der Waals surface area contributed by atoms with Gasteiger partial charge in [-0.05, 0) is 79.2 Å². The third kappa shape index (κ3) is 7.06. The van der Waals surface area contributed by atoms with Gasteiger partial charge in [-0.15, -0.1) is 0 Å². The second-order valence-electron chi connectivity index (χ2n) is 13.9. The van der Waals surface area contributed by atoms with E-state index in [0.29, 0.717) is 57.5 Å². The number of hydrogen-bond donors (Lipinski definition) is 3. The Hall–Kier alpha value is -4.32. The molecule has 0 unspecified atom stereocenters. The van der Waals surface area contributed by atoms with Crippen LogP contribution >= 0.6 is 0 Å². The highest BCUT2D eigenvalue weighted by atomic mass is 19.1. The number of imidazole rings is 1. The molecular formula is C37H48F2N8O2. The standard InChI is InChI=1S/C35H43FN8O2.C2H5F/c1-21-27-17-23(35(27,2)3)18-29(21)42-34(43-15-12-37-13-16-43)40-24-6-8-26-30(19-24)41-32(31-38-10-11-39-31)44(33(26)45)14-9-22-5-7-25(46-4)20-28(22)36;1-2-3/h5-8,10-11,19-21,23,27,29,37H,9,12-18H2,1-4H3,(H,38,39)(H,40,42);2H2,1H3/t21-,23+,27-,29-;/m0./s1. The van der Waals surface area contributed by atoms with Gasteiger partial charge in [-0.25, -0.2) is 19.4 Å². The van der Waals surface area contributed by atoms with Crippen molar-refractivity contribution in [2.75, 3.05) is 45.3 Å². The highest BCUT2D eigenvalue weighted by molar-refractivity contribution is 5.96. The molecule has 0 radical (unpaired) electrons. The summed E-state index contributed by atoms with van der Waals surface area (Å²) < 4.78 is 31.8. The fourth-order valence-electron chi connectivity index (χ4n) is 7.81. The predicted octanol–water partition coefficient (Wildman–Crippen LogP) is 5.90. The van der Waals surface area contributed by atoms with Crippen LogP contribution in [0.25, 0.3) is 22.6 Å². The highest BCUT2D eigenvalue weighted by Gasteiger charge is 2.56. The zero-order chi connectivity index (χ0) is 34.7. The van der Waals surface area contributed by atoms with Crippen molar-refractivity contribution in [2.45, 2.75) is 59.5 Å². The summed E-state index contributed by atoms with van der Waals surface area (Å²) in [6, 6.07) is 10.7. The van der Waals surface area contributed by atoms with Crippen LogP contribution in [0, 0.1) is 29.0 Å². The van der Waals surface area contributed by atoms with Crippen molar-refractivity contribution in [1.29, 1.82) is 0 Å². The van der Waals surface area contributed by atoms with Crippen LogP contribution < -0.4 is 20.9 Å². The summed E-state index contributed by atoms with van der Waals surface area (Å²) >= 11 is 0. The number of hydrogen-bond acceptors (Lipinski definition) is 6. The zero-order valence-corrected chi connectivity index (χ0v) is 29.1. The molecule has 3 saturated carbocycles. The Labute approximate surface area is 286 Å². The van der Waals surface area contributed by atoms with Gasteiger partial charge in [0.15, 0.2) is 17.6 Å². The van der Waals surface area contributed by atoms with Crippen LogP contribution in [0.2, 0.25) is 0 Å². The predicted molar refractivity (Wildman–Crippen MR) is 190 cm³/mol. The van der Waals surface area contributed by atoms with Gasteiger partial charge in [0.05, 0.1) is 30.7 Å². The fraction of sp³-hybridized carbons (Fsp3) is 0.514. The van der Waals surface area contributed by atoms with Crippen LogP contribution in [0.1, 0.15) is 46.1 Å². The Morgan fingerprint density at radius 3 is 2.59 bits per heavy atom. The number of rotatable bonds is 7. The molecule has 4 fully saturated rings. The topological polar surface area (TPSA) is 112 Å². The lowest BCUT2D eigenvalue weighted by Gasteiger charge is -2.61. The lowest BCUT2D eigenvalue weighted by molar-refractivity contribution is -0.108. The van der Waals surface area contributed by atoms with E-state index < -0.39 is 0 Å². The number of H-pyrrole nitrogens is 1. The number of halogens is 2. The Kier molecular flexibility index (Phi) is 10.3. The van der Waals surface area contributed by atoms with E-state index in [-0.39, 0.29) is 30.6 Å². The van der Waals surface area contributed by atoms with Crippen molar-refractivity contribution < 1.29 is 13.5 Å². The molecule has 0 amide bonds. The maximum absolute atomic E-state index is 14.8. The first-order chi connectivity index (χ1) is 23.6. The number of methoxy groups -OCH3 is 1. The third-order valence-electron chi connectivity index (χ3n) is 10.8. The minimum Gasteiger partial charge on any atom is -0.497 e. The number of aliphatic imine (C=N–C) groups is 1. The lowest BCUT2D eigenvalue weighted by Crippen LogP contribution is -2.57. The van der Waals surface area contributed by atoms with Crippen molar-refractivity contribution in [3.8, 4) is 17.4 Å². The van der Waals surface area contributed by atoms with Crippen molar-refractivity contribution in [3.63, 3.8) is 0 Å². The van der Waals surface area contributed by atoms with Gasteiger partial charge in [0.2, 0.25) is 0 Å². The quantitative estimate of drug-likeness (QED) is 0.165. The number of alkyl halides is 1. The van der Waals surface area contributed by atoms with E-state index in [1.807, 2.05) is 18.2 Å². The summed E-state index contributed by atoms with van der Waals surface area (Å²) in [4.78, 5) is 34.1. The average molecular weight is 675 g/mol.